The first kappa shape index (κ1) is 23.6. The largest absolute Gasteiger partial charge is 0.493 e. The summed E-state index contributed by atoms with van der Waals surface area (Å²) in [7, 11) is 0. The first-order valence-electron chi connectivity index (χ1n) is 11.6. The van der Waals surface area contributed by atoms with Crippen LogP contribution >= 0.6 is 0 Å². The number of carboxylic acid groups (broad SMARTS) is 1. The summed E-state index contributed by atoms with van der Waals surface area (Å²) in [5, 5.41) is 10.2. The van der Waals surface area contributed by atoms with Crippen molar-refractivity contribution in [2.24, 2.45) is 0 Å². The van der Waals surface area contributed by atoms with Crippen LogP contribution in [0, 0.1) is 0 Å². The SMILES string of the molecule is CCCCOc1c(-c2c[nH]c3ccc(/C(C)=C\C(=O)O)cc23)cc(C(C)C)cc1C(C)C. The zero-order chi connectivity index (χ0) is 23.4. The van der Waals surface area contributed by atoms with Crippen LogP contribution < -0.4 is 4.74 Å². The summed E-state index contributed by atoms with van der Waals surface area (Å²) in [6.45, 7) is 13.5. The Morgan fingerprint density at radius 2 is 1.84 bits per heavy atom. The fraction of sp³-hybridized carbons (Fsp3) is 0.393. The van der Waals surface area contributed by atoms with Gasteiger partial charge in [0.25, 0.3) is 0 Å². The van der Waals surface area contributed by atoms with Crippen LogP contribution in [0.1, 0.15) is 82.9 Å². The van der Waals surface area contributed by atoms with E-state index in [1.165, 1.54) is 17.2 Å². The van der Waals surface area contributed by atoms with Crippen LogP contribution in [-0.4, -0.2) is 22.7 Å². The third-order valence-electron chi connectivity index (χ3n) is 5.94. The second kappa shape index (κ2) is 10.1. The highest BCUT2D eigenvalue weighted by Gasteiger charge is 2.20. The molecule has 2 N–H and O–H groups in total. The molecule has 1 heterocycles. The quantitative estimate of drug-likeness (QED) is 0.268. The Kier molecular flexibility index (Phi) is 7.44. The van der Waals surface area contributed by atoms with Gasteiger partial charge in [-0.05, 0) is 65.6 Å². The molecule has 3 aromatic rings. The third-order valence-corrected chi connectivity index (χ3v) is 5.94. The lowest BCUT2D eigenvalue weighted by atomic mass is 9.89. The normalized spacial score (nSPS) is 12.2. The third kappa shape index (κ3) is 5.07. The molecular formula is C28H35NO3. The summed E-state index contributed by atoms with van der Waals surface area (Å²) < 4.78 is 6.40. The fourth-order valence-electron chi connectivity index (χ4n) is 3.97. The molecule has 0 spiro atoms. The first-order valence-corrected chi connectivity index (χ1v) is 11.6. The maximum absolute atomic E-state index is 11.2. The number of rotatable bonds is 9. The molecule has 0 aliphatic rings. The summed E-state index contributed by atoms with van der Waals surface area (Å²) in [4.78, 5) is 14.6. The van der Waals surface area contributed by atoms with E-state index in [0.29, 0.717) is 18.4 Å². The smallest absolute Gasteiger partial charge is 0.328 e. The number of aromatic nitrogens is 1. The zero-order valence-electron chi connectivity index (χ0n) is 20.1. The van der Waals surface area contributed by atoms with Crippen LogP contribution in [0.3, 0.4) is 0 Å². The van der Waals surface area contributed by atoms with Gasteiger partial charge < -0.3 is 14.8 Å². The molecule has 2 aromatic carbocycles. The summed E-state index contributed by atoms with van der Waals surface area (Å²) in [5.41, 5.74) is 7.35. The van der Waals surface area contributed by atoms with Gasteiger partial charge in [-0.25, -0.2) is 4.79 Å². The highest BCUT2D eigenvalue weighted by molar-refractivity contribution is 6.00. The molecule has 0 radical (unpaired) electrons. The van der Waals surface area contributed by atoms with Crippen LogP contribution in [0.25, 0.3) is 27.6 Å². The number of fused-ring (bicyclic) bond motifs is 1. The van der Waals surface area contributed by atoms with E-state index in [-0.39, 0.29) is 0 Å². The number of carbonyl (C=O) groups is 1. The highest BCUT2D eigenvalue weighted by atomic mass is 16.5. The number of aliphatic carboxylic acids is 1. The topological polar surface area (TPSA) is 62.3 Å². The van der Waals surface area contributed by atoms with E-state index < -0.39 is 5.97 Å². The van der Waals surface area contributed by atoms with Crippen molar-refractivity contribution in [2.45, 2.75) is 66.2 Å². The van der Waals surface area contributed by atoms with Crippen LogP contribution in [0.4, 0.5) is 0 Å². The number of hydrogen-bond donors (Lipinski definition) is 2. The summed E-state index contributed by atoms with van der Waals surface area (Å²) in [5.74, 6) is 0.764. The number of unbranched alkanes of at least 4 members (excludes halogenated alkanes) is 1. The average molecular weight is 434 g/mol. The van der Waals surface area contributed by atoms with Crippen LogP contribution in [0.5, 0.6) is 5.75 Å². The Labute approximate surface area is 191 Å². The lowest BCUT2D eigenvalue weighted by Gasteiger charge is -2.21. The van der Waals surface area contributed by atoms with Gasteiger partial charge in [0.15, 0.2) is 0 Å². The molecule has 0 fully saturated rings. The molecule has 32 heavy (non-hydrogen) atoms. The van der Waals surface area contributed by atoms with Gasteiger partial charge in [0.2, 0.25) is 0 Å². The van der Waals surface area contributed by atoms with E-state index >= 15 is 0 Å². The molecule has 4 heteroatoms. The van der Waals surface area contributed by atoms with Gasteiger partial charge >= 0.3 is 5.97 Å². The molecule has 0 bridgehead atoms. The van der Waals surface area contributed by atoms with Crippen molar-refractivity contribution >= 4 is 22.4 Å². The monoisotopic (exact) mass is 433 g/mol. The number of carboxylic acids is 1. The first-order chi connectivity index (χ1) is 15.2. The molecule has 4 nitrogen and oxygen atoms in total. The van der Waals surface area contributed by atoms with Gasteiger partial charge in [0, 0.05) is 34.3 Å². The molecule has 3 rings (SSSR count). The Hall–Kier alpha value is -3.01. The number of hydrogen-bond acceptors (Lipinski definition) is 2. The minimum Gasteiger partial charge on any atom is -0.493 e. The Morgan fingerprint density at radius 3 is 2.47 bits per heavy atom. The molecule has 170 valence electrons. The van der Waals surface area contributed by atoms with Crippen molar-refractivity contribution in [3.63, 3.8) is 0 Å². The minimum absolute atomic E-state index is 0.339. The Balaban J connectivity index is 2.25. The van der Waals surface area contributed by atoms with Gasteiger partial charge in [-0.15, -0.1) is 0 Å². The molecule has 0 saturated carbocycles. The second-order valence-corrected chi connectivity index (χ2v) is 9.13. The molecule has 0 saturated heterocycles. The molecule has 0 aliphatic heterocycles. The lowest BCUT2D eigenvalue weighted by Crippen LogP contribution is -2.05. The summed E-state index contributed by atoms with van der Waals surface area (Å²) in [6, 6.07) is 10.6. The van der Waals surface area contributed by atoms with E-state index in [0.717, 1.165) is 51.8 Å². The zero-order valence-corrected chi connectivity index (χ0v) is 20.1. The number of allylic oxidation sites excluding steroid dienone is 1. The minimum atomic E-state index is -0.935. The second-order valence-electron chi connectivity index (χ2n) is 9.13. The molecule has 0 aliphatic carbocycles. The van der Waals surface area contributed by atoms with E-state index in [2.05, 4.69) is 57.8 Å². The Bertz CT molecular complexity index is 1140. The van der Waals surface area contributed by atoms with E-state index in [4.69, 9.17) is 9.84 Å². The molecule has 0 atom stereocenters. The number of aromatic amines is 1. The maximum Gasteiger partial charge on any atom is 0.328 e. The predicted molar refractivity (Wildman–Crippen MR) is 134 cm³/mol. The molecule has 0 amide bonds. The van der Waals surface area contributed by atoms with E-state index in [1.54, 1.807) is 0 Å². The fourth-order valence-corrected chi connectivity index (χ4v) is 3.97. The van der Waals surface area contributed by atoms with Crippen molar-refractivity contribution < 1.29 is 14.6 Å². The molecular weight excluding hydrogens is 398 g/mol. The van der Waals surface area contributed by atoms with Crippen molar-refractivity contribution in [1.29, 1.82) is 0 Å². The van der Waals surface area contributed by atoms with E-state index in [9.17, 15) is 4.79 Å². The van der Waals surface area contributed by atoms with Crippen molar-refractivity contribution in [3.8, 4) is 16.9 Å². The van der Waals surface area contributed by atoms with Crippen molar-refractivity contribution in [3.05, 3.63) is 59.3 Å². The van der Waals surface area contributed by atoms with Gasteiger partial charge in [0.05, 0.1) is 6.61 Å². The van der Waals surface area contributed by atoms with Crippen LogP contribution in [-0.2, 0) is 4.79 Å². The lowest BCUT2D eigenvalue weighted by molar-refractivity contribution is -0.131. The molecule has 0 unspecified atom stereocenters. The van der Waals surface area contributed by atoms with Crippen molar-refractivity contribution in [1.82, 2.24) is 4.98 Å². The van der Waals surface area contributed by atoms with E-state index in [1.807, 2.05) is 25.3 Å². The number of nitrogens with one attached hydrogen (secondary N) is 1. The van der Waals surface area contributed by atoms with Gasteiger partial charge in [-0.3, -0.25) is 0 Å². The van der Waals surface area contributed by atoms with Crippen LogP contribution in [0.2, 0.25) is 0 Å². The molecule has 1 aromatic heterocycles. The Morgan fingerprint density at radius 1 is 1.09 bits per heavy atom. The standard InChI is InChI=1S/C28H35NO3/c1-7-8-11-32-28-22(18(4)5)14-21(17(2)3)15-24(28)25-16-29-26-10-9-20(13-23(25)26)19(6)12-27(30)31/h9-10,12-18,29H,7-8,11H2,1-6H3,(H,30,31)/b19-12-. The van der Waals surface area contributed by atoms with Crippen molar-refractivity contribution in [2.75, 3.05) is 6.61 Å². The van der Waals surface area contributed by atoms with Gasteiger partial charge in [-0.1, -0.05) is 53.2 Å². The van der Waals surface area contributed by atoms with Gasteiger partial charge in [-0.2, -0.15) is 0 Å². The van der Waals surface area contributed by atoms with Gasteiger partial charge in [0.1, 0.15) is 5.75 Å². The number of benzene rings is 2. The summed E-state index contributed by atoms with van der Waals surface area (Å²) >= 11 is 0. The average Bonchev–Trinajstić information content (AvgIpc) is 3.16. The predicted octanol–water partition coefficient (Wildman–Crippen LogP) is 7.75. The summed E-state index contributed by atoms with van der Waals surface area (Å²) in [6.07, 6.45) is 5.39. The highest BCUT2D eigenvalue weighted by Crippen LogP contribution is 2.42. The number of ether oxygens (including phenoxy) is 1. The van der Waals surface area contributed by atoms with Crippen LogP contribution in [0.15, 0.2) is 42.6 Å². The number of H-pyrrole nitrogens is 1. The maximum atomic E-state index is 11.2.